The fraction of sp³-hybridized carbons (Fsp3) is 0.267. The monoisotopic (exact) mass is 258 g/mol. The smallest absolute Gasteiger partial charge is 0.219 e. The zero-order valence-corrected chi connectivity index (χ0v) is 11.2. The molecule has 0 amide bonds. The molecule has 1 heterocycles. The number of nitrogens with two attached hydrogens (primary N) is 1. The summed E-state index contributed by atoms with van der Waals surface area (Å²) in [4.78, 5) is 4.14. The van der Waals surface area contributed by atoms with Crippen LogP contribution in [0.1, 0.15) is 16.7 Å². The van der Waals surface area contributed by atoms with E-state index in [4.69, 9.17) is 15.2 Å². The minimum absolute atomic E-state index is 0.410. The Hall–Kier alpha value is -2.07. The van der Waals surface area contributed by atoms with E-state index < -0.39 is 0 Å². The molecule has 4 heteroatoms. The van der Waals surface area contributed by atoms with E-state index in [2.05, 4.69) is 4.98 Å². The number of rotatable bonds is 5. The van der Waals surface area contributed by atoms with Crippen molar-refractivity contribution in [2.75, 3.05) is 7.11 Å². The first kappa shape index (κ1) is 13.4. The van der Waals surface area contributed by atoms with Gasteiger partial charge in [0.1, 0.15) is 12.4 Å². The molecule has 19 heavy (non-hydrogen) atoms. The van der Waals surface area contributed by atoms with Crippen molar-refractivity contribution in [3.05, 3.63) is 53.2 Å². The van der Waals surface area contributed by atoms with Crippen LogP contribution in [0.25, 0.3) is 0 Å². The SMILES string of the molecule is COc1ncccc1COc1ccc(C)cc1CN. The van der Waals surface area contributed by atoms with Crippen molar-refractivity contribution in [2.45, 2.75) is 20.1 Å². The largest absolute Gasteiger partial charge is 0.488 e. The molecule has 0 aliphatic rings. The van der Waals surface area contributed by atoms with E-state index in [1.807, 2.05) is 37.3 Å². The standard InChI is InChI=1S/C15H18N2O2/c1-11-5-6-14(13(8-11)9-16)19-10-12-4-3-7-17-15(12)18-2/h3-8H,9-10,16H2,1-2H3. The van der Waals surface area contributed by atoms with Gasteiger partial charge in [0, 0.05) is 18.3 Å². The quantitative estimate of drug-likeness (QED) is 0.895. The van der Waals surface area contributed by atoms with Gasteiger partial charge in [0.05, 0.1) is 12.7 Å². The zero-order valence-electron chi connectivity index (χ0n) is 11.2. The van der Waals surface area contributed by atoms with Gasteiger partial charge < -0.3 is 15.2 Å². The Morgan fingerprint density at radius 3 is 2.79 bits per heavy atom. The fourth-order valence-corrected chi connectivity index (χ4v) is 1.88. The Morgan fingerprint density at radius 2 is 2.05 bits per heavy atom. The summed E-state index contributed by atoms with van der Waals surface area (Å²) < 4.78 is 11.0. The molecule has 2 rings (SSSR count). The summed E-state index contributed by atoms with van der Waals surface area (Å²) in [6.07, 6.45) is 1.69. The van der Waals surface area contributed by atoms with E-state index in [0.29, 0.717) is 19.0 Å². The second-order valence-corrected chi connectivity index (χ2v) is 4.28. The molecule has 4 nitrogen and oxygen atoms in total. The first-order valence-electron chi connectivity index (χ1n) is 6.15. The molecule has 2 aromatic rings. The van der Waals surface area contributed by atoms with Crippen molar-refractivity contribution in [3.63, 3.8) is 0 Å². The number of hydrogen-bond donors (Lipinski definition) is 1. The van der Waals surface area contributed by atoms with Crippen molar-refractivity contribution < 1.29 is 9.47 Å². The van der Waals surface area contributed by atoms with Crippen LogP contribution < -0.4 is 15.2 Å². The lowest BCUT2D eigenvalue weighted by Crippen LogP contribution is -2.04. The molecule has 2 N–H and O–H groups in total. The average Bonchev–Trinajstić information content (AvgIpc) is 2.46. The van der Waals surface area contributed by atoms with E-state index >= 15 is 0 Å². The number of nitrogens with zero attached hydrogens (tertiary/aromatic N) is 1. The molecule has 0 spiro atoms. The molecule has 0 bridgehead atoms. The van der Waals surface area contributed by atoms with E-state index in [9.17, 15) is 0 Å². The molecule has 1 aromatic heterocycles. The lowest BCUT2D eigenvalue weighted by atomic mass is 10.1. The average molecular weight is 258 g/mol. The number of methoxy groups -OCH3 is 1. The second kappa shape index (κ2) is 6.20. The van der Waals surface area contributed by atoms with Gasteiger partial charge in [-0.25, -0.2) is 4.98 Å². The van der Waals surface area contributed by atoms with Gasteiger partial charge in [-0.3, -0.25) is 0 Å². The first-order chi connectivity index (χ1) is 9.24. The van der Waals surface area contributed by atoms with Crippen LogP contribution in [0.5, 0.6) is 11.6 Å². The van der Waals surface area contributed by atoms with Crippen LogP contribution in [0.2, 0.25) is 0 Å². The van der Waals surface area contributed by atoms with Gasteiger partial charge in [-0.05, 0) is 25.1 Å². The van der Waals surface area contributed by atoms with Crippen LogP contribution in [0.15, 0.2) is 36.5 Å². The van der Waals surface area contributed by atoms with Crippen molar-refractivity contribution >= 4 is 0 Å². The van der Waals surface area contributed by atoms with E-state index in [0.717, 1.165) is 16.9 Å². The molecule has 0 radical (unpaired) electrons. The number of benzene rings is 1. The number of hydrogen-bond acceptors (Lipinski definition) is 4. The van der Waals surface area contributed by atoms with E-state index in [1.54, 1.807) is 13.3 Å². The number of aromatic nitrogens is 1. The van der Waals surface area contributed by atoms with Gasteiger partial charge in [0.15, 0.2) is 0 Å². The fourth-order valence-electron chi connectivity index (χ4n) is 1.88. The summed E-state index contributed by atoms with van der Waals surface area (Å²) in [5.74, 6) is 1.39. The highest BCUT2D eigenvalue weighted by Gasteiger charge is 2.07. The van der Waals surface area contributed by atoms with Crippen LogP contribution in [0.4, 0.5) is 0 Å². The highest BCUT2D eigenvalue weighted by atomic mass is 16.5. The highest BCUT2D eigenvalue weighted by molar-refractivity contribution is 5.37. The maximum Gasteiger partial charge on any atom is 0.219 e. The van der Waals surface area contributed by atoms with Gasteiger partial charge in [-0.1, -0.05) is 17.7 Å². The lowest BCUT2D eigenvalue weighted by molar-refractivity contribution is 0.291. The molecule has 1 aromatic carbocycles. The van der Waals surface area contributed by atoms with Crippen LogP contribution in [-0.2, 0) is 13.2 Å². The zero-order chi connectivity index (χ0) is 13.7. The maximum absolute atomic E-state index is 5.81. The molecule has 0 saturated heterocycles. The van der Waals surface area contributed by atoms with Crippen LogP contribution in [0.3, 0.4) is 0 Å². The van der Waals surface area contributed by atoms with Gasteiger partial charge in [-0.15, -0.1) is 0 Å². The summed E-state index contributed by atoms with van der Waals surface area (Å²) in [6, 6.07) is 9.79. The Balaban J connectivity index is 2.14. The summed E-state index contributed by atoms with van der Waals surface area (Å²) in [5, 5.41) is 0. The molecule has 100 valence electrons. The van der Waals surface area contributed by atoms with Crippen LogP contribution >= 0.6 is 0 Å². The molecule has 0 aliphatic heterocycles. The molecule has 0 unspecified atom stereocenters. The van der Waals surface area contributed by atoms with E-state index in [1.165, 1.54) is 5.56 Å². The second-order valence-electron chi connectivity index (χ2n) is 4.28. The molecule has 0 saturated carbocycles. The molecule has 0 aliphatic carbocycles. The summed E-state index contributed by atoms with van der Waals surface area (Å²) >= 11 is 0. The number of aryl methyl sites for hydroxylation is 1. The number of pyridine rings is 1. The third-order valence-corrected chi connectivity index (χ3v) is 2.86. The third-order valence-electron chi connectivity index (χ3n) is 2.86. The molecular weight excluding hydrogens is 240 g/mol. The maximum atomic E-state index is 5.81. The summed E-state index contributed by atoms with van der Waals surface area (Å²) in [6.45, 7) is 2.90. The Labute approximate surface area is 113 Å². The van der Waals surface area contributed by atoms with Crippen LogP contribution in [-0.4, -0.2) is 12.1 Å². The third kappa shape index (κ3) is 3.23. The topological polar surface area (TPSA) is 57.4 Å². The van der Waals surface area contributed by atoms with Crippen molar-refractivity contribution in [1.29, 1.82) is 0 Å². The predicted molar refractivity (Wildman–Crippen MR) is 74.2 cm³/mol. The Kier molecular flexibility index (Phi) is 4.36. The molecular formula is C15H18N2O2. The normalized spacial score (nSPS) is 10.3. The Bertz CT molecular complexity index is 556. The minimum Gasteiger partial charge on any atom is -0.488 e. The predicted octanol–water partition coefficient (Wildman–Crippen LogP) is 2.44. The van der Waals surface area contributed by atoms with Gasteiger partial charge in [0.2, 0.25) is 5.88 Å². The summed E-state index contributed by atoms with van der Waals surface area (Å²) in [7, 11) is 1.60. The van der Waals surface area contributed by atoms with Crippen LogP contribution in [0, 0.1) is 6.92 Å². The minimum atomic E-state index is 0.410. The lowest BCUT2D eigenvalue weighted by Gasteiger charge is -2.12. The van der Waals surface area contributed by atoms with Gasteiger partial charge in [-0.2, -0.15) is 0 Å². The van der Waals surface area contributed by atoms with Crippen molar-refractivity contribution in [2.24, 2.45) is 5.73 Å². The van der Waals surface area contributed by atoms with Crippen molar-refractivity contribution in [1.82, 2.24) is 4.98 Å². The Morgan fingerprint density at radius 1 is 1.21 bits per heavy atom. The summed E-state index contributed by atoms with van der Waals surface area (Å²) in [5.41, 5.74) is 8.81. The highest BCUT2D eigenvalue weighted by Crippen LogP contribution is 2.22. The van der Waals surface area contributed by atoms with Crippen molar-refractivity contribution in [3.8, 4) is 11.6 Å². The molecule has 0 fully saturated rings. The number of ether oxygens (including phenoxy) is 2. The van der Waals surface area contributed by atoms with Gasteiger partial charge in [0.25, 0.3) is 0 Å². The van der Waals surface area contributed by atoms with Gasteiger partial charge >= 0.3 is 0 Å². The molecule has 0 atom stereocenters. The first-order valence-corrected chi connectivity index (χ1v) is 6.15. The van der Waals surface area contributed by atoms with E-state index in [-0.39, 0.29) is 0 Å².